The van der Waals surface area contributed by atoms with Crippen LogP contribution in [-0.4, -0.2) is 16.1 Å². The molecular weight excluding hydrogens is 318 g/mol. The number of aromatic carboxylic acids is 1. The first-order chi connectivity index (χ1) is 11.3. The summed E-state index contributed by atoms with van der Waals surface area (Å²) in [5.41, 5.74) is 2.84. The van der Waals surface area contributed by atoms with Crippen molar-refractivity contribution < 1.29 is 9.90 Å². The molecule has 4 heteroatoms. The Hall–Kier alpha value is -2.20. The van der Waals surface area contributed by atoms with Crippen molar-refractivity contribution in [3.8, 4) is 10.6 Å². The van der Waals surface area contributed by atoms with Gasteiger partial charge in [0.1, 0.15) is 0 Å². The zero-order valence-corrected chi connectivity index (χ0v) is 15.2. The van der Waals surface area contributed by atoms with Gasteiger partial charge in [-0.3, -0.25) is 0 Å². The quantitative estimate of drug-likeness (QED) is 0.683. The number of benzene rings is 1. The highest BCUT2D eigenvalue weighted by Gasteiger charge is 2.18. The van der Waals surface area contributed by atoms with E-state index in [0.717, 1.165) is 28.1 Å². The Morgan fingerprint density at radius 1 is 1.17 bits per heavy atom. The van der Waals surface area contributed by atoms with E-state index in [2.05, 4.69) is 33.8 Å². The highest BCUT2D eigenvalue weighted by molar-refractivity contribution is 7.15. The summed E-state index contributed by atoms with van der Waals surface area (Å²) in [6.45, 7) is 8.47. The molecule has 0 fully saturated rings. The number of carbonyl (C=O) groups is 1. The van der Waals surface area contributed by atoms with Crippen molar-refractivity contribution in [3.05, 3.63) is 52.4 Å². The molecule has 0 aliphatic heterocycles. The summed E-state index contributed by atoms with van der Waals surface area (Å²) in [4.78, 5) is 18.8. The van der Waals surface area contributed by atoms with Crippen molar-refractivity contribution >= 4 is 28.2 Å². The molecule has 0 radical (unpaired) electrons. The maximum atomic E-state index is 11.8. The smallest absolute Gasteiger partial charge is 0.336 e. The van der Waals surface area contributed by atoms with Gasteiger partial charge >= 0.3 is 5.97 Å². The molecule has 3 nitrogen and oxygen atoms in total. The van der Waals surface area contributed by atoms with Crippen LogP contribution < -0.4 is 0 Å². The molecule has 3 rings (SSSR count). The normalized spacial score (nSPS) is 11.8. The molecule has 0 aliphatic carbocycles. The lowest BCUT2D eigenvalue weighted by molar-refractivity contribution is 0.0699. The molecule has 0 saturated carbocycles. The minimum Gasteiger partial charge on any atom is -0.478 e. The van der Waals surface area contributed by atoms with Crippen LogP contribution in [0.4, 0.5) is 0 Å². The molecule has 24 heavy (non-hydrogen) atoms. The van der Waals surface area contributed by atoms with Crippen LogP contribution in [0.5, 0.6) is 0 Å². The van der Waals surface area contributed by atoms with Crippen LogP contribution >= 0.6 is 11.3 Å². The first-order valence-electron chi connectivity index (χ1n) is 8.07. The summed E-state index contributed by atoms with van der Waals surface area (Å²) in [6, 6.07) is 11.7. The number of nitrogens with zero attached hydrogens (tertiary/aromatic N) is 1. The molecule has 1 N–H and O–H groups in total. The third-order valence-electron chi connectivity index (χ3n) is 4.17. The zero-order chi connectivity index (χ0) is 17.5. The summed E-state index contributed by atoms with van der Waals surface area (Å²) < 4.78 is 0. The number of carboxylic acid groups (broad SMARTS) is 1. The van der Waals surface area contributed by atoms with E-state index in [1.165, 1.54) is 4.88 Å². The largest absolute Gasteiger partial charge is 0.478 e. The van der Waals surface area contributed by atoms with Crippen LogP contribution in [0.2, 0.25) is 0 Å². The molecule has 2 aromatic heterocycles. The van der Waals surface area contributed by atoms with E-state index in [0.29, 0.717) is 10.9 Å². The predicted octanol–water partition coefficient (Wildman–Crippen LogP) is 5.52. The molecule has 0 spiro atoms. The lowest BCUT2D eigenvalue weighted by Crippen LogP contribution is -2.11. The van der Waals surface area contributed by atoms with Gasteiger partial charge in [-0.05, 0) is 47.7 Å². The van der Waals surface area contributed by atoms with E-state index >= 15 is 0 Å². The lowest BCUT2D eigenvalue weighted by atomic mass is 9.86. The zero-order valence-electron chi connectivity index (χ0n) is 14.4. The van der Waals surface area contributed by atoms with Gasteiger partial charge in [-0.2, -0.15) is 0 Å². The van der Waals surface area contributed by atoms with Gasteiger partial charge in [0.15, 0.2) is 0 Å². The Labute approximate surface area is 146 Å². The number of rotatable bonds is 3. The van der Waals surface area contributed by atoms with Gasteiger partial charge in [0, 0.05) is 10.3 Å². The summed E-state index contributed by atoms with van der Waals surface area (Å²) in [5, 5.41) is 10.4. The summed E-state index contributed by atoms with van der Waals surface area (Å²) in [7, 11) is 0. The van der Waals surface area contributed by atoms with Gasteiger partial charge in [-0.15, -0.1) is 11.3 Å². The SMILES string of the molecule is CCc1ccc(-c2cc(C(=O)O)c3cc(C(C)(C)C)ccc3n2)s1. The molecule has 2 heterocycles. The Morgan fingerprint density at radius 3 is 2.50 bits per heavy atom. The molecule has 1 aromatic carbocycles. The van der Waals surface area contributed by atoms with Gasteiger partial charge in [0.25, 0.3) is 0 Å². The van der Waals surface area contributed by atoms with Crippen molar-refractivity contribution in [1.82, 2.24) is 4.98 Å². The first-order valence-corrected chi connectivity index (χ1v) is 8.89. The van der Waals surface area contributed by atoms with E-state index in [1.807, 2.05) is 24.3 Å². The van der Waals surface area contributed by atoms with Crippen LogP contribution in [-0.2, 0) is 11.8 Å². The number of fused-ring (bicyclic) bond motifs is 1. The second-order valence-corrected chi connectivity index (χ2v) is 8.13. The van der Waals surface area contributed by atoms with Crippen molar-refractivity contribution in [2.24, 2.45) is 0 Å². The molecule has 0 atom stereocenters. The van der Waals surface area contributed by atoms with Crippen LogP contribution in [0.25, 0.3) is 21.5 Å². The van der Waals surface area contributed by atoms with Gasteiger partial charge in [-0.1, -0.05) is 33.8 Å². The Kier molecular flexibility index (Phi) is 4.18. The fourth-order valence-corrected chi connectivity index (χ4v) is 3.61. The van der Waals surface area contributed by atoms with E-state index < -0.39 is 5.97 Å². The fourth-order valence-electron chi connectivity index (χ4n) is 2.70. The maximum absolute atomic E-state index is 11.8. The predicted molar refractivity (Wildman–Crippen MR) is 100 cm³/mol. The summed E-state index contributed by atoms with van der Waals surface area (Å²) in [6.07, 6.45) is 0.971. The van der Waals surface area contributed by atoms with Crippen LogP contribution in [0.1, 0.15) is 48.5 Å². The molecule has 0 amide bonds. The first kappa shape index (κ1) is 16.7. The van der Waals surface area contributed by atoms with Crippen molar-refractivity contribution in [3.63, 3.8) is 0 Å². The second-order valence-electron chi connectivity index (χ2n) is 6.96. The number of hydrogen-bond donors (Lipinski definition) is 1. The van der Waals surface area contributed by atoms with Gasteiger partial charge in [0.2, 0.25) is 0 Å². The molecule has 0 saturated heterocycles. The topological polar surface area (TPSA) is 50.2 Å². The number of thiophene rings is 1. The molecule has 0 bridgehead atoms. The standard InChI is InChI=1S/C20H21NO2S/c1-5-13-7-9-18(24-13)17-11-15(19(22)23)14-10-12(20(2,3)4)6-8-16(14)21-17/h6-11H,5H2,1-4H3,(H,22,23). The van der Waals surface area contributed by atoms with Crippen LogP contribution in [0, 0.1) is 0 Å². The molecular formula is C20H21NO2S. The minimum atomic E-state index is -0.915. The van der Waals surface area contributed by atoms with E-state index in [1.54, 1.807) is 17.4 Å². The van der Waals surface area contributed by atoms with Crippen molar-refractivity contribution in [2.45, 2.75) is 39.5 Å². The number of hydrogen-bond acceptors (Lipinski definition) is 3. The third-order valence-corrected chi connectivity index (χ3v) is 5.42. The maximum Gasteiger partial charge on any atom is 0.336 e. The number of carboxylic acids is 1. The van der Waals surface area contributed by atoms with E-state index in [9.17, 15) is 9.90 Å². The highest BCUT2D eigenvalue weighted by atomic mass is 32.1. The van der Waals surface area contributed by atoms with Gasteiger partial charge in [0.05, 0.1) is 21.7 Å². The highest BCUT2D eigenvalue weighted by Crippen LogP contribution is 2.32. The number of aryl methyl sites for hydroxylation is 1. The van der Waals surface area contributed by atoms with Crippen molar-refractivity contribution in [1.29, 1.82) is 0 Å². The summed E-state index contributed by atoms with van der Waals surface area (Å²) >= 11 is 1.67. The minimum absolute atomic E-state index is 0.0353. The molecule has 3 aromatic rings. The lowest BCUT2D eigenvalue weighted by Gasteiger charge is -2.19. The van der Waals surface area contributed by atoms with E-state index in [-0.39, 0.29) is 5.41 Å². The molecule has 124 valence electrons. The van der Waals surface area contributed by atoms with E-state index in [4.69, 9.17) is 4.98 Å². The Balaban J connectivity index is 2.23. The number of aromatic nitrogens is 1. The average Bonchev–Trinajstić information content (AvgIpc) is 3.01. The Bertz CT molecular complexity index is 919. The number of pyridine rings is 1. The fraction of sp³-hybridized carbons (Fsp3) is 0.300. The van der Waals surface area contributed by atoms with Gasteiger partial charge < -0.3 is 5.11 Å². The molecule has 0 unspecified atom stereocenters. The van der Waals surface area contributed by atoms with Crippen LogP contribution in [0.15, 0.2) is 36.4 Å². The monoisotopic (exact) mass is 339 g/mol. The summed E-state index contributed by atoms with van der Waals surface area (Å²) in [5.74, 6) is -0.915. The Morgan fingerprint density at radius 2 is 1.92 bits per heavy atom. The van der Waals surface area contributed by atoms with Crippen LogP contribution in [0.3, 0.4) is 0 Å². The van der Waals surface area contributed by atoms with Crippen molar-refractivity contribution in [2.75, 3.05) is 0 Å². The molecule has 0 aliphatic rings. The van der Waals surface area contributed by atoms with Gasteiger partial charge in [-0.25, -0.2) is 9.78 Å². The average molecular weight is 339 g/mol. The second kappa shape index (κ2) is 6.02. The third kappa shape index (κ3) is 3.06.